The zero-order valence-electron chi connectivity index (χ0n) is 19.0. The van der Waals surface area contributed by atoms with E-state index in [1.165, 1.54) is 18.2 Å². The molecule has 3 aromatic rings. The van der Waals surface area contributed by atoms with E-state index in [9.17, 15) is 22.8 Å². The maximum atomic E-state index is 13.8. The van der Waals surface area contributed by atoms with Crippen LogP contribution in [0.3, 0.4) is 0 Å². The first kappa shape index (κ1) is 24.5. The Morgan fingerprint density at radius 1 is 0.829 bits per heavy atom. The Hall–Kier alpha value is -3.65. The average Bonchev–Trinajstić information content (AvgIpc) is 2.83. The first-order valence-corrected chi connectivity index (χ1v) is 11.5. The van der Waals surface area contributed by atoms with Crippen molar-refractivity contribution in [3.8, 4) is 0 Å². The number of hydrogen-bond acceptors (Lipinski definition) is 3. The number of rotatable bonds is 6. The highest BCUT2D eigenvalue weighted by molar-refractivity contribution is 6.04. The lowest BCUT2D eigenvalue weighted by Crippen LogP contribution is -2.43. The molecule has 5 nitrogen and oxygen atoms in total. The SMILES string of the molecule is NC1CCC(N(Cc2ccc(NC(=O)c3cc(F)cc(F)c3)cc2)C(=O)c2cccc(F)c2)CC1. The predicted octanol–water partition coefficient (Wildman–Crippen LogP) is 5.27. The monoisotopic (exact) mass is 481 g/mol. The van der Waals surface area contributed by atoms with Crippen LogP contribution in [0, 0.1) is 17.5 Å². The fourth-order valence-corrected chi connectivity index (χ4v) is 4.35. The van der Waals surface area contributed by atoms with Crippen molar-refractivity contribution in [1.29, 1.82) is 0 Å². The number of anilines is 1. The zero-order chi connectivity index (χ0) is 24.9. The van der Waals surface area contributed by atoms with Gasteiger partial charge in [0.15, 0.2) is 0 Å². The summed E-state index contributed by atoms with van der Waals surface area (Å²) in [5.41, 5.74) is 7.45. The first-order valence-electron chi connectivity index (χ1n) is 11.5. The minimum Gasteiger partial charge on any atom is -0.331 e. The summed E-state index contributed by atoms with van der Waals surface area (Å²) in [7, 11) is 0. The Kier molecular flexibility index (Phi) is 7.51. The van der Waals surface area contributed by atoms with Gasteiger partial charge in [-0.3, -0.25) is 9.59 Å². The summed E-state index contributed by atoms with van der Waals surface area (Å²) in [6.07, 6.45) is 3.15. The van der Waals surface area contributed by atoms with Gasteiger partial charge in [-0.15, -0.1) is 0 Å². The Morgan fingerprint density at radius 2 is 1.46 bits per heavy atom. The number of amides is 2. The molecule has 0 aromatic heterocycles. The molecule has 0 radical (unpaired) electrons. The van der Waals surface area contributed by atoms with Crippen LogP contribution in [-0.2, 0) is 6.54 Å². The quantitative estimate of drug-likeness (QED) is 0.504. The standard InChI is InChI=1S/C27H26F3N3O2/c28-20-3-1-2-18(12-20)27(35)33(25-10-6-23(31)7-11-25)16-17-4-8-24(9-5-17)32-26(34)19-13-21(29)15-22(30)14-19/h1-5,8-9,12-15,23,25H,6-7,10-11,16,31H2,(H,32,34). The van der Waals surface area contributed by atoms with E-state index in [4.69, 9.17) is 5.73 Å². The van der Waals surface area contributed by atoms with Crippen LogP contribution in [-0.4, -0.2) is 28.8 Å². The van der Waals surface area contributed by atoms with Crippen LogP contribution < -0.4 is 11.1 Å². The maximum Gasteiger partial charge on any atom is 0.255 e. The highest BCUT2D eigenvalue weighted by Gasteiger charge is 2.28. The number of halogens is 3. The lowest BCUT2D eigenvalue weighted by molar-refractivity contribution is 0.0606. The average molecular weight is 482 g/mol. The molecule has 8 heteroatoms. The molecule has 0 unspecified atom stereocenters. The van der Waals surface area contributed by atoms with Crippen molar-refractivity contribution in [1.82, 2.24) is 4.90 Å². The van der Waals surface area contributed by atoms with Crippen LogP contribution in [0.1, 0.15) is 52.0 Å². The van der Waals surface area contributed by atoms with Crippen molar-refractivity contribution in [3.63, 3.8) is 0 Å². The molecule has 0 bridgehead atoms. The van der Waals surface area contributed by atoms with Crippen molar-refractivity contribution < 1.29 is 22.8 Å². The summed E-state index contributed by atoms with van der Waals surface area (Å²) in [4.78, 5) is 27.4. The van der Waals surface area contributed by atoms with Crippen LogP contribution in [0.5, 0.6) is 0 Å². The Labute approximate surface area is 201 Å². The molecule has 1 saturated carbocycles. The number of nitrogens with two attached hydrogens (primary N) is 1. The summed E-state index contributed by atoms with van der Waals surface area (Å²) in [5.74, 6) is -3.04. The van der Waals surface area contributed by atoms with Crippen molar-refractivity contribution in [2.75, 3.05) is 5.32 Å². The van der Waals surface area contributed by atoms with Crippen molar-refractivity contribution >= 4 is 17.5 Å². The molecule has 4 rings (SSSR count). The minimum atomic E-state index is -0.836. The number of hydrogen-bond donors (Lipinski definition) is 2. The van der Waals surface area contributed by atoms with E-state index in [0.29, 0.717) is 18.3 Å². The predicted molar refractivity (Wildman–Crippen MR) is 127 cm³/mol. The fraction of sp³-hybridized carbons (Fsp3) is 0.259. The molecule has 35 heavy (non-hydrogen) atoms. The van der Waals surface area contributed by atoms with Crippen LogP contribution in [0.2, 0.25) is 0 Å². The summed E-state index contributed by atoms with van der Waals surface area (Å²) >= 11 is 0. The maximum absolute atomic E-state index is 13.8. The normalized spacial score (nSPS) is 17.6. The largest absolute Gasteiger partial charge is 0.331 e. The third-order valence-corrected chi connectivity index (χ3v) is 6.20. The van der Waals surface area contributed by atoms with Gasteiger partial charge in [0.25, 0.3) is 11.8 Å². The molecule has 182 valence electrons. The second kappa shape index (κ2) is 10.7. The van der Waals surface area contributed by atoms with E-state index < -0.39 is 23.4 Å². The molecule has 0 saturated heterocycles. The van der Waals surface area contributed by atoms with Crippen LogP contribution in [0.15, 0.2) is 66.7 Å². The lowest BCUT2D eigenvalue weighted by atomic mass is 9.90. The Balaban J connectivity index is 1.49. The van der Waals surface area contributed by atoms with E-state index >= 15 is 0 Å². The minimum absolute atomic E-state index is 0.0205. The van der Waals surface area contributed by atoms with Crippen molar-refractivity contribution in [2.24, 2.45) is 5.73 Å². The van der Waals surface area contributed by atoms with Gasteiger partial charge in [-0.05, 0) is 73.7 Å². The molecule has 1 aliphatic rings. The number of nitrogens with one attached hydrogen (secondary N) is 1. The summed E-state index contributed by atoms with van der Waals surface area (Å²) in [6.45, 7) is 0.304. The smallest absolute Gasteiger partial charge is 0.255 e. The molecule has 0 heterocycles. The third kappa shape index (κ3) is 6.27. The van der Waals surface area contributed by atoms with Gasteiger partial charge in [-0.25, -0.2) is 13.2 Å². The molecule has 0 atom stereocenters. The Morgan fingerprint density at radius 3 is 2.09 bits per heavy atom. The number of nitrogens with zero attached hydrogens (tertiary/aromatic N) is 1. The second-order valence-corrected chi connectivity index (χ2v) is 8.82. The number of carbonyl (C=O) groups is 2. The zero-order valence-corrected chi connectivity index (χ0v) is 19.0. The molecule has 1 fully saturated rings. The molecule has 3 N–H and O–H groups in total. The van der Waals surface area contributed by atoms with E-state index in [-0.39, 0.29) is 29.1 Å². The van der Waals surface area contributed by atoms with Gasteiger partial charge >= 0.3 is 0 Å². The lowest BCUT2D eigenvalue weighted by Gasteiger charge is -2.36. The second-order valence-electron chi connectivity index (χ2n) is 8.82. The van der Waals surface area contributed by atoms with Crippen molar-refractivity contribution in [2.45, 2.75) is 44.3 Å². The van der Waals surface area contributed by atoms with Gasteiger partial charge in [-0.1, -0.05) is 18.2 Å². The highest BCUT2D eigenvalue weighted by Crippen LogP contribution is 2.26. The molecule has 3 aromatic carbocycles. The van der Waals surface area contributed by atoms with Crippen LogP contribution in [0.25, 0.3) is 0 Å². The third-order valence-electron chi connectivity index (χ3n) is 6.20. The molecule has 0 spiro atoms. The molecule has 2 amide bonds. The highest BCUT2D eigenvalue weighted by atomic mass is 19.1. The van der Waals surface area contributed by atoms with Gasteiger partial charge in [0, 0.05) is 41.5 Å². The van der Waals surface area contributed by atoms with Crippen LogP contribution >= 0.6 is 0 Å². The van der Waals surface area contributed by atoms with Crippen molar-refractivity contribution in [3.05, 3.63) is 101 Å². The molecule has 0 aliphatic heterocycles. The Bertz CT molecular complexity index is 1190. The van der Waals surface area contributed by atoms with Gasteiger partial charge in [0.1, 0.15) is 17.5 Å². The molecular weight excluding hydrogens is 455 g/mol. The van der Waals surface area contributed by atoms with Crippen LogP contribution in [0.4, 0.5) is 18.9 Å². The molecule has 1 aliphatic carbocycles. The number of benzene rings is 3. The van der Waals surface area contributed by atoms with E-state index in [1.54, 1.807) is 35.2 Å². The van der Waals surface area contributed by atoms with E-state index in [0.717, 1.165) is 43.4 Å². The van der Waals surface area contributed by atoms with Gasteiger partial charge in [0.05, 0.1) is 0 Å². The summed E-state index contributed by atoms with van der Waals surface area (Å²) in [6, 6.07) is 15.2. The first-order chi connectivity index (χ1) is 16.8. The van der Waals surface area contributed by atoms with E-state index in [1.807, 2.05) is 0 Å². The van der Waals surface area contributed by atoms with Gasteiger partial charge < -0.3 is 16.0 Å². The topological polar surface area (TPSA) is 75.4 Å². The fourth-order valence-electron chi connectivity index (χ4n) is 4.35. The summed E-state index contributed by atoms with van der Waals surface area (Å²) < 4.78 is 40.6. The van der Waals surface area contributed by atoms with Gasteiger partial charge in [-0.2, -0.15) is 0 Å². The number of carbonyl (C=O) groups excluding carboxylic acids is 2. The van der Waals surface area contributed by atoms with E-state index in [2.05, 4.69) is 5.32 Å². The molecular formula is C27H26F3N3O2. The van der Waals surface area contributed by atoms with Gasteiger partial charge in [0.2, 0.25) is 0 Å². The summed E-state index contributed by atoms with van der Waals surface area (Å²) in [5, 5.41) is 2.61.